The maximum absolute atomic E-state index is 13.1. The molecule has 0 saturated heterocycles. The normalized spacial score (nSPS) is 15.9. The Hall–Kier alpha value is -3.78. The van der Waals surface area contributed by atoms with E-state index in [2.05, 4.69) is 4.98 Å². The monoisotopic (exact) mass is 443 g/mol. The SMILES string of the molecule is O=c1nc2n(c3sc4c(c13)CCC4)Cc1ccccc1/C2=C(\O)c1cccc([N+](=O)[O-])c1. The molecule has 0 atom stereocenters. The molecule has 158 valence electrons. The van der Waals surface area contributed by atoms with Gasteiger partial charge < -0.3 is 9.67 Å². The van der Waals surface area contributed by atoms with Crippen LogP contribution >= 0.6 is 11.3 Å². The molecule has 0 fully saturated rings. The Labute approximate surface area is 186 Å². The molecule has 8 heteroatoms. The van der Waals surface area contributed by atoms with E-state index in [-0.39, 0.29) is 17.0 Å². The lowest BCUT2D eigenvalue weighted by Crippen LogP contribution is -2.23. The Morgan fingerprint density at radius 2 is 2.00 bits per heavy atom. The molecule has 1 aliphatic carbocycles. The maximum Gasteiger partial charge on any atom is 0.282 e. The number of nitrogens with zero attached hydrogens (tertiary/aromatic N) is 3. The number of nitro benzene ring substituents is 1. The van der Waals surface area contributed by atoms with Crippen molar-refractivity contribution < 1.29 is 10.0 Å². The molecule has 4 aromatic rings. The number of rotatable bonds is 2. The zero-order valence-corrected chi connectivity index (χ0v) is 17.7. The lowest BCUT2D eigenvalue weighted by molar-refractivity contribution is -0.384. The van der Waals surface area contributed by atoms with E-state index in [1.54, 1.807) is 17.4 Å². The Kier molecular flexibility index (Phi) is 4.06. The van der Waals surface area contributed by atoms with Crippen LogP contribution in [0.5, 0.6) is 0 Å². The second-order valence-electron chi connectivity index (χ2n) is 8.05. The summed E-state index contributed by atoms with van der Waals surface area (Å²) in [5, 5.41) is 23.3. The third-order valence-corrected chi connectivity index (χ3v) is 7.55. The third kappa shape index (κ3) is 2.66. The topological polar surface area (TPSA) is 98.3 Å². The van der Waals surface area contributed by atoms with E-state index in [9.17, 15) is 20.0 Å². The van der Waals surface area contributed by atoms with Crippen molar-refractivity contribution in [3.05, 3.63) is 102 Å². The highest BCUT2D eigenvalue weighted by Gasteiger charge is 2.30. The molecule has 1 aliphatic heterocycles. The Balaban J connectivity index is 1.68. The molecule has 6 rings (SSSR count). The molecule has 0 radical (unpaired) electrons. The van der Waals surface area contributed by atoms with E-state index in [1.165, 1.54) is 23.1 Å². The van der Waals surface area contributed by atoms with Gasteiger partial charge in [0.05, 0.1) is 22.4 Å². The van der Waals surface area contributed by atoms with Crippen molar-refractivity contribution in [2.75, 3.05) is 0 Å². The molecule has 0 unspecified atom stereocenters. The number of hydrogen-bond acceptors (Lipinski definition) is 6. The van der Waals surface area contributed by atoms with Crippen LogP contribution in [0.2, 0.25) is 0 Å². The standard InChI is InChI=1S/C24H17N3O4S/c28-21(13-6-3-7-15(11-13)27(30)31)19-16-8-2-1-5-14(16)12-26-22(19)25-23(29)20-17-9-4-10-18(17)32-24(20)26/h1-3,5-8,11,28H,4,9-10,12H2/b21-19+. The van der Waals surface area contributed by atoms with Crippen LogP contribution in [-0.2, 0) is 19.4 Å². The van der Waals surface area contributed by atoms with Crippen LogP contribution in [0.3, 0.4) is 0 Å². The van der Waals surface area contributed by atoms with Gasteiger partial charge in [0.25, 0.3) is 11.2 Å². The molecule has 0 spiro atoms. The molecule has 3 heterocycles. The van der Waals surface area contributed by atoms with E-state index >= 15 is 0 Å². The average Bonchev–Trinajstić information content (AvgIpc) is 3.39. The number of aliphatic hydroxyl groups is 1. The number of thiophene rings is 1. The van der Waals surface area contributed by atoms with Gasteiger partial charge in [-0.1, -0.05) is 36.4 Å². The molecular formula is C24H17N3O4S. The van der Waals surface area contributed by atoms with Gasteiger partial charge in [-0.2, -0.15) is 4.98 Å². The van der Waals surface area contributed by atoms with Crippen LogP contribution < -0.4 is 5.56 Å². The van der Waals surface area contributed by atoms with Crippen LogP contribution in [0.25, 0.3) is 21.5 Å². The first-order chi connectivity index (χ1) is 15.5. The van der Waals surface area contributed by atoms with Gasteiger partial charge in [-0.3, -0.25) is 14.9 Å². The summed E-state index contributed by atoms with van der Waals surface area (Å²) in [6.07, 6.45) is 2.92. The van der Waals surface area contributed by atoms with Crippen LogP contribution in [0.4, 0.5) is 5.69 Å². The number of hydrogen-bond donors (Lipinski definition) is 1. The highest BCUT2D eigenvalue weighted by atomic mass is 32.1. The largest absolute Gasteiger partial charge is 0.507 e. The minimum atomic E-state index is -0.496. The van der Waals surface area contributed by atoms with Crippen LogP contribution in [-0.4, -0.2) is 19.6 Å². The first-order valence-electron chi connectivity index (χ1n) is 10.3. The van der Waals surface area contributed by atoms with Gasteiger partial charge in [0.15, 0.2) is 0 Å². The molecular weight excluding hydrogens is 426 g/mol. The molecule has 2 aromatic heterocycles. The maximum atomic E-state index is 13.1. The molecule has 0 saturated carbocycles. The van der Waals surface area contributed by atoms with E-state index in [4.69, 9.17) is 0 Å². The second kappa shape index (κ2) is 6.86. The van der Waals surface area contributed by atoms with Gasteiger partial charge in [0.1, 0.15) is 16.4 Å². The minimum Gasteiger partial charge on any atom is -0.507 e. The zero-order valence-electron chi connectivity index (χ0n) is 16.9. The average molecular weight is 443 g/mol. The number of fused-ring (bicyclic) bond motifs is 6. The number of non-ortho nitro benzene ring substituents is 1. The smallest absolute Gasteiger partial charge is 0.282 e. The van der Waals surface area contributed by atoms with Crippen molar-refractivity contribution in [1.82, 2.24) is 9.55 Å². The fourth-order valence-electron chi connectivity index (χ4n) is 4.78. The molecule has 32 heavy (non-hydrogen) atoms. The Morgan fingerprint density at radius 1 is 1.16 bits per heavy atom. The van der Waals surface area contributed by atoms with Gasteiger partial charge in [-0.05, 0) is 36.0 Å². The fourth-order valence-corrected chi connectivity index (χ4v) is 6.17. The van der Waals surface area contributed by atoms with Crippen molar-refractivity contribution in [3.8, 4) is 0 Å². The van der Waals surface area contributed by atoms with Crippen molar-refractivity contribution >= 4 is 38.6 Å². The third-order valence-electron chi connectivity index (χ3n) is 6.23. The Bertz CT molecular complexity index is 1550. The van der Waals surface area contributed by atoms with Gasteiger partial charge in [-0.15, -0.1) is 11.3 Å². The highest BCUT2D eigenvalue weighted by Crippen LogP contribution is 2.41. The molecule has 7 nitrogen and oxygen atoms in total. The van der Waals surface area contributed by atoms with E-state index in [0.29, 0.717) is 28.9 Å². The van der Waals surface area contributed by atoms with Gasteiger partial charge in [0.2, 0.25) is 0 Å². The predicted molar refractivity (Wildman–Crippen MR) is 123 cm³/mol. The lowest BCUT2D eigenvalue weighted by Gasteiger charge is -2.25. The lowest BCUT2D eigenvalue weighted by atomic mass is 9.92. The van der Waals surface area contributed by atoms with Crippen molar-refractivity contribution in [2.24, 2.45) is 0 Å². The summed E-state index contributed by atoms with van der Waals surface area (Å²) in [4.78, 5) is 30.4. The van der Waals surface area contributed by atoms with Crippen molar-refractivity contribution in [3.63, 3.8) is 0 Å². The fraction of sp³-hybridized carbons (Fsp3) is 0.167. The summed E-state index contributed by atoms with van der Waals surface area (Å²) in [7, 11) is 0. The summed E-state index contributed by atoms with van der Waals surface area (Å²) < 4.78 is 2.00. The summed E-state index contributed by atoms with van der Waals surface area (Å²) in [5.74, 6) is 0.259. The van der Waals surface area contributed by atoms with Crippen LogP contribution in [0, 0.1) is 10.1 Å². The summed E-state index contributed by atoms with van der Waals surface area (Å²) in [5.41, 5.74) is 3.20. The molecule has 2 aromatic carbocycles. The van der Waals surface area contributed by atoms with E-state index < -0.39 is 4.92 Å². The van der Waals surface area contributed by atoms with E-state index in [0.717, 1.165) is 40.8 Å². The summed E-state index contributed by atoms with van der Waals surface area (Å²) in [6, 6.07) is 13.5. The molecule has 0 bridgehead atoms. The van der Waals surface area contributed by atoms with E-state index in [1.807, 2.05) is 28.8 Å². The van der Waals surface area contributed by atoms with Crippen molar-refractivity contribution in [2.45, 2.75) is 25.8 Å². The molecule has 1 N–H and O–H groups in total. The summed E-state index contributed by atoms with van der Waals surface area (Å²) in [6.45, 7) is 0.542. The first kappa shape index (κ1) is 18.9. The number of aliphatic hydroxyl groups excluding tert-OH is 1. The zero-order chi connectivity index (χ0) is 22.0. The quantitative estimate of drug-likeness (QED) is 0.242. The van der Waals surface area contributed by atoms with Gasteiger partial charge >= 0.3 is 0 Å². The molecule has 2 aliphatic rings. The highest BCUT2D eigenvalue weighted by molar-refractivity contribution is 7.19. The number of aryl methyl sites for hydroxylation is 2. The molecule has 0 amide bonds. The number of nitro groups is 1. The van der Waals surface area contributed by atoms with Crippen LogP contribution in [0.1, 0.15) is 39.4 Å². The van der Waals surface area contributed by atoms with Gasteiger partial charge in [0, 0.05) is 22.6 Å². The predicted octanol–water partition coefficient (Wildman–Crippen LogP) is 4.69. The second-order valence-corrected chi connectivity index (χ2v) is 9.14. The summed E-state index contributed by atoms with van der Waals surface area (Å²) >= 11 is 1.64. The number of benzene rings is 2. The van der Waals surface area contributed by atoms with Crippen LogP contribution in [0.15, 0.2) is 53.3 Å². The van der Waals surface area contributed by atoms with Gasteiger partial charge in [-0.25, -0.2) is 0 Å². The first-order valence-corrected chi connectivity index (χ1v) is 11.2. The number of aromatic nitrogens is 2. The minimum absolute atomic E-state index is 0.116. The van der Waals surface area contributed by atoms with Crippen molar-refractivity contribution in [1.29, 1.82) is 0 Å². The Morgan fingerprint density at radius 3 is 2.84 bits per heavy atom.